The zero-order valence-electron chi connectivity index (χ0n) is 11.7. The van der Waals surface area contributed by atoms with Gasteiger partial charge in [0.05, 0.1) is 0 Å². The number of rotatable bonds is 2. The summed E-state index contributed by atoms with van der Waals surface area (Å²) in [7, 11) is 0. The van der Waals surface area contributed by atoms with Crippen molar-refractivity contribution >= 4 is 11.9 Å². The summed E-state index contributed by atoms with van der Waals surface area (Å²) in [6, 6.07) is 0.00572. The van der Waals surface area contributed by atoms with Crippen molar-refractivity contribution in [2.24, 2.45) is 0 Å². The second-order valence-electron chi connectivity index (χ2n) is 5.68. The van der Waals surface area contributed by atoms with Crippen LogP contribution in [0.5, 0.6) is 0 Å². The van der Waals surface area contributed by atoms with Crippen LogP contribution in [0.3, 0.4) is 0 Å². The van der Waals surface area contributed by atoms with E-state index in [1.165, 1.54) is 0 Å². The van der Waals surface area contributed by atoms with Crippen LogP contribution in [0.25, 0.3) is 0 Å². The van der Waals surface area contributed by atoms with Crippen LogP contribution in [0.1, 0.15) is 45.4 Å². The van der Waals surface area contributed by atoms with Gasteiger partial charge < -0.3 is 10.0 Å². The molecule has 2 aliphatic rings. The van der Waals surface area contributed by atoms with Gasteiger partial charge in [-0.2, -0.15) is 0 Å². The first kappa shape index (κ1) is 14.3. The highest BCUT2D eigenvalue weighted by atomic mass is 16.4. The van der Waals surface area contributed by atoms with Gasteiger partial charge in [0.1, 0.15) is 6.04 Å². The number of aliphatic carboxylic acids is 1. The molecule has 0 spiro atoms. The Morgan fingerprint density at radius 2 is 1.68 bits per heavy atom. The summed E-state index contributed by atoms with van der Waals surface area (Å²) in [4.78, 5) is 26.8. The van der Waals surface area contributed by atoms with Gasteiger partial charge in [-0.25, -0.2) is 0 Å². The van der Waals surface area contributed by atoms with Crippen molar-refractivity contribution in [1.82, 2.24) is 9.80 Å². The molecule has 0 radical (unpaired) electrons. The van der Waals surface area contributed by atoms with E-state index in [1.54, 1.807) is 6.92 Å². The van der Waals surface area contributed by atoms with E-state index in [2.05, 4.69) is 4.90 Å². The van der Waals surface area contributed by atoms with Crippen LogP contribution in [-0.2, 0) is 9.59 Å². The van der Waals surface area contributed by atoms with E-state index in [-0.39, 0.29) is 11.9 Å². The lowest BCUT2D eigenvalue weighted by Crippen LogP contribution is -2.52. The summed E-state index contributed by atoms with van der Waals surface area (Å²) in [5.41, 5.74) is 0. The Labute approximate surface area is 114 Å². The van der Waals surface area contributed by atoms with Gasteiger partial charge in [0.15, 0.2) is 0 Å². The molecule has 5 nitrogen and oxygen atoms in total. The monoisotopic (exact) mass is 268 g/mol. The third-order valence-corrected chi connectivity index (χ3v) is 4.46. The van der Waals surface area contributed by atoms with Crippen molar-refractivity contribution in [3.8, 4) is 0 Å². The van der Waals surface area contributed by atoms with Gasteiger partial charge >= 0.3 is 5.97 Å². The van der Waals surface area contributed by atoms with Crippen molar-refractivity contribution in [2.75, 3.05) is 19.6 Å². The molecule has 1 atom stereocenters. The molecule has 2 aliphatic heterocycles. The van der Waals surface area contributed by atoms with Gasteiger partial charge in [0.25, 0.3) is 0 Å². The average molecular weight is 268 g/mol. The van der Waals surface area contributed by atoms with Gasteiger partial charge in [-0.3, -0.25) is 14.5 Å². The number of carbonyl (C=O) groups is 2. The van der Waals surface area contributed by atoms with Crippen molar-refractivity contribution in [1.29, 1.82) is 0 Å². The topological polar surface area (TPSA) is 60.9 Å². The van der Waals surface area contributed by atoms with Crippen LogP contribution in [0.4, 0.5) is 0 Å². The van der Waals surface area contributed by atoms with Crippen molar-refractivity contribution in [2.45, 2.75) is 57.5 Å². The zero-order valence-corrected chi connectivity index (χ0v) is 11.7. The zero-order chi connectivity index (χ0) is 13.8. The Kier molecular flexibility index (Phi) is 4.80. The third-order valence-electron chi connectivity index (χ3n) is 4.46. The minimum absolute atomic E-state index is 0.129. The third kappa shape index (κ3) is 3.47. The summed E-state index contributed by atoms with van der Waals surface area (Å²) in [6.07, 6.45) is 5.82. The predicted octanol–water partition coefficient (Wildman–Crippen LogP) is 1.33. The van der Waals surface area contributed by atoms with E-state index >= 15 is 0 Å². The number of carboxylic acids is 1. The molecule has 2 fully saturated rings. The Morgan fingerprint density at radius 3 is 2.26 bits per heavy atom. The van der Waals surface area contributed by atoms with E-state index in [4.69, 9.17) is 0 Å². The van der Waals surface area contributed by atoms with Crippen LogP contribution in [0.2, 0.25) is 0 Å². The standard InChI is InChI=1S/C14H24N2O3/c1-11(17)15-9-6-12(7-10-15)16-8-4-2-3-5-13(16)14(18)19/h12-13H,2-10H2,1H3,(H,18,19). The fourth-order valence-electron chi connectivity index (χ4n) is 3.35. The molecule has 2 heterocycles. The molecule has 0 aromatic heterocycles. The largest absolute Gasteiger partial charge is 0.480 e. The quantitative estimate of drug-likeness (QED) is 0.820. The first-order valence-electron chi connectivity index (χ1n) is 7.33. The highest BCUT2D eigenvalue weighted by molar-refractivity contribution is 5.74. The molecule has 2 rings (SSSR count). The van der Waals surface area contributed by atoms with Crippen LogP contribution >= 0.6 is 0 Å². The van der Waals surface area contributed by atoms with Gasteiger partial charge in [0.2, 0.25) is 5.91 Å². The van der Waals surface area contributed by atoms with Crippen LogP contribution in [0, 0.1) is 0 Å². The second kappa shape index (κ2) is 6.37. The molecule has 19 heavy (non-hydrogen) atoms. The molecule has 1 unspecified atom stereocenters. The molecule has 5 heteroatoms. The normalized spacial score (nSPS) is 27.0. The van der Waals surface area contributed by atoms with E-state index in [0.717, 1.165) is 58.2 Å². The second-order valence-corrected chi connectivity index (χ2v) is 5.68. The maximum absolute atomic E-state index is 11.4. The first-order valence-corrected chi connectivity index (χ1v) is 7.33. The summed E-state index contributed by atoms with van der Waals surface area (Å²) in [5, 5.41) is 9.40. The molecule has 0 aromatic rings. The lowest BCUT2D eigenvalue weighted by molar-refractivity contribution is -0.145. The Bertz CT molecular complexity index is 338. The summed E-state index contributed by atoms with van der Waals surface area (Å²) in [5.74, 6) is -0.556. The number of carbonyl (C=O) groups excluding carboxylic acids is 1. The predicted molar refractivity (Wildman–Crippen MR) is 71.9 cm³/mol. The van der Waals surface area contributed by atoms with Gasteiger partial charge in [-0.15, -0.1) is 0 Å². The summed E-state index contributed by atoms with van der Waals surface area (Å²) >= 11 is 0. The van der Waals surface area contributed by atoms with Crippen molar-refractivity contribution < 1.29 is 14.7 Å². The number of amides is 1. The molecule has 108 valence electrons. The average Bonchev–Trinajstić information content (AvgIpc) is 2.64. The highest BCUT2D eigenvalue weighted by Crippen LogP contribution is 2.25. The lowest BCUT2D eigenvalue weighted by atomic mass is 10.00. The van der Waals surface area contributed by atoms with Crippen molar-refractivity contribution in [3.05, 3.63) is 0 Å². The number of likely N-dealkylation sites (tertiary alicyclic amines) is 2. The maximum Gasteiger partial charge on any atom is 0.320 e. The molecular weight excluding hydrogens is 244 g/mol. The number of hydrogen-bond acceptors (Lipinski definition) is 3. The van der Waals surface area contributed by atoms with E-state index in [1.807, 2.05) is 4.90 Å². The van der Waals surface area contributed by atoms with Gasteiger partial charge in [-0.05, 0) is 32.2 Å². The molecule has 1 amide bonds. The fourth-order valence-corrected chi connectivity index (χ4v) is 3.35. The van der Waals surface area contributed by atoms with E-state index in [0.29, 0.717) is 6.04 Å². The molecule has 0 aromatic carbocycles. The fraction of sp³-hybridized carbons (Fsp3) is 0.857. The minimum Gasteiger partial charge on any atom is -0.480 e. The molecule has 1 N–H and O–H groups in total. The number of carboxylic acid groups (broad SMARTS) is 1. The van der Waals surface area contributed by atoms with Crippen LogP contribution in [0.15, 0.2) is 0 Å². The number of hydrogen-bond donors (Lipinski definition) is 1. The van der Waals surface area contributed by atoms with Gasteiger partial charge in [0, 0.05) is 26.1 Å². The Hall–Kier alpha value is -1.10. The summed E-state index contributed by atoms with van der Waals surface area (Å²) in [6.45, 7) is 4.03. The van der Waals surface area contributed by atoms with Crippen molar-refractivity contribution in [3.63, 3.8) is 0 Å². The molecule has 2 saturated heterocycles. The number of piperidine rings is 1. The number of nitrogens with zero attached hydrogens (tertiary/aromatic N) is 2. The first-order chi connectivity index (χ1) is 9.09. The summed E-state index contributed by atoms with van der Waals surface area (Å²) < 4.78 is 0. The molecule has 0 bridgehead atoms. The molecule has 0 aliphatic carbocycles. The van der Waals surface area contributed by atoms with E-state index in [9.17, 15) is 14.7 Å². The maximum atomic E-state index is 11.4. The Balaban J connectivity index is 1.98. The van der Waals surface area contributed by atoms with E-state index < -0.39 is 5.97 Å². The molecule has 0 saturated carbocycles. The van der Waals surface area contributed by atoms with Gasteiger partial charge in [-0.1, -0.05) is 12.8 Å². The van der Waals surface area contributed by atoms with Crippen LogP contribution < -0.4 is 0 Å². The smallest absolute Gasteiger partial charge is 0.320 e. The molecular formula is C14H24N2O3. The SMILES string of the molecule is CC(=O)N1CCC(N2CCCCCC2C(=O)O)CC1. The lowest BCUT2D eigenvalue weighted by Gasteiger charge is -2.40. The highest BCUT2D eigenvalue weighted by Gasteiger charge is 2.34. The minimum atomic E-state index is -0.684. The Morgan fingerprint density at radius 1 is 1.00 bits per heavy atom. The van der Waals surface area contributed by atoms with Crippen LogP contribution in [-0.4, -0.2) is 58.5 Å².